The molecule has 0 saturated heterocycles. The van der Waals surface area contributed by atoms with Gasteiger partial charge in [-0.05, 0) is 6.42 Å². The van der Waals surface area contributed by atoms with Crippen molar-refractivity contribution in [2.45, 2.75) is 13.3 Å². The minimum Gasteiger partial charge on any atom is -0.480 e. The predicted molar refractivity (Wildman–Crippen MR) is 63.8 cm³/mol. The van der Waals surface area contributed by atoms with Crippen LogP contribution in [0.4, 0.5) is 4.79 Å². The largest absolute Gasteiger partial charge is 0.480 e. The van der Waals surface area contributed by atoms with Crippen molar-refractivity contribution in [3.05, 3.63) is 12.7 Å². The predicted octanol–water partition coefficient (Wildman–Crippen LogP) is 0.383. The molecule has 2 amide bonds. The summed E-state index contributed by atoms with van der Waals surface area (Å²) in [7, 11) is 0. The van der Waals surface area contributed by atoms with E-state index in [1.54, 1.807) is 6.08 Å². The van der Waals surface area contributed by atoms with Gasteiger partial charge in [0.05, 0.1) is 6.61 Å². The van der Waals surface area contributed by atoms with Crippen LogP contribution in [0.1, 0.15) is 13.3 Å². The van der Waals surface area contributed by atoms with E-state index in [2.05, 4.69) is 6.58 Å². The number of hydrogen-bond donors (Lipinski definition) is 2. The Kier molecular flexibility index (Phi) is 7.79. The number of nitrogens with zero attached hydrogens (tertiary/aromatic N) is 2. The first-order chi connectivity index (χ1) is 8.06. The summed E-state index contributed by atoms with van der Waals surface area (Å²) in [5.41, 5.74) is 0. The highest BCUT2D eigenvalue weighted by Gasteiger charge is 2.20. The van der Waals surface area contributed by atoms with Crippen molar-refractivity contribution >= 4 is 12.0 Å². The molecule has 0 atom stereocenters. The Morgan fingerprint density at radius 3 is 2.35 bits per heavy atom. The summed E-state index contributed by atoms with van der Waals surface area (Å²) < 4.78 is 0. The standard InChI is InChI=1S/C11H20N2O4/c1-3-5-12(7-8-14)11(17)13(6-4-2)9-10(15)16/h3,14H,1,4-9H2,2H3,(H,15,16). The number of carbonyl (C=O) groups is 2. The highest BCUT2D eigenvalue weighted by Crippen LogP contribution is 2.01. The average molecular weight is 244 g/mol. The van der Waals surface area contributed by atoms with Gasteiger partial charge in [-0.1, -0.05) is 13.0 Å². The highest BCUT2D eigenvalue weighted by molar-refractivity contribution is 5.80. The Morgan fingerprint density at radius 2 is 1.94 bits per heavy atom. The summed E-state index contributed by atoms with van der Waals surface area (Å²) in [6, 6.07) is -0.386. The molecule has 0 spiro atoms. The third-order valence-electron chi connectivity index (χ3n) is 2.08. The topological polar surface area (TPSA) is 81.1 Å². The molecule has 0 rings (SSSR count). The maximum atomic E-state index is 12.0. The Bertz CT molecular complexity index is 268. The number of amides is 2. The van der Waals surface area contributed by atoms with Gasteiger partial charge in [-0.2, -0.15) is 0 Å². The van der Waals surface area contributed by atoms with E-state index in [1.165, 1.54) is 9.80 Å². The van der Waals surface area contributed by atoms with E-state index in [9.17, 15) is 9.59 Å². The zero-order chi connectivity index (χ0) is 13.3. The second-order valence-electron chi connectivity index (χ2n) is 3.56. The zero-order valence-electron chi connectivity index (χ0n) is 10.1. The molecule has 0 heterocycles. The Balaban J connectivity index is 4.62. The van der Waals surface area contributed by atoms with E-state index in [4.69, 9.17) is 10.2 Å². The van der Waals surface area contributed by atoms with Gasteiger partial charge >= 0.3 is 12.0 Å². The van der Waals surface area contributed by atoms with E-state index in [0.717, 1.165) is 0 Å². The number of aliphatic hydroxyl groups is 1. The molecule has 98 valence electrons. The lowest BCUT2D eigenvalue weighted by molar-refractivity contribution is -0.137. The number of aliphatic hydroxyl groups excluding tert-OH is 1. The first-order valence-corrected chi connectivity index (χ1v) is 5.54. The van der Waals surface area contributed by atoms with Crippen LogP contribution in [0.15, 0.2) is 12.7 Å². The molecule has 0 aromatic rings. The summed E-state index contributed by atoms with van der Waals surface area (Å²) in [5.74, 6) is -1.05. The monoisotopic (exact) mass is 244 g/mol. The maximum Gasteiger partial charge on any atom is 0.323 e. The molecule has 0 aliphatic rings. The van der Waals surface area contributed by atoms with Gasteiger partial charge in [0.2, 0.25) is 0 Å². The Morgan fingerprint density at radius 1 is 1.29 bits per heavy atom. The summed E-state index contributed by atoms with van der Waals surface area (Å²) >= 11 is 0. The minimum absolute atomic E-state index is 0.160. The van der Waals surface area contributed by atoms with Crippen LogP contribution in [-0.4, -0.2) is 64.8 Å². The van der Waals surface area contributed by atoms with Gasteiger partial charge in [0.1, 0.15) is 6.54 Å². The molecule has 6 heteroatoms. The minimum atomic E-state index is -1.05. The zero-order valence-corrected chi connectivity index (χ0v) is 10.1. The molecule has 0 aliphatic heterocycles. The maximum absolute atomic E-state index is 12.0. The van der Waals surface area contributed by atoms with E-state index in [0.29, 0.717) is 19.5 Å². The second-order valence-corrected chi connectivity index (χ2v) is 3.56. The van der Waals surface area contributed by atoms with Crippen LogP contribution < -0.4 is 0 Å². The summed E-state index contributed by atoms with van der Waals surface area (Å²) in [5, 5.41) is 17.6. The Hall–Kier alpha value is -1.56. The van der Waals surface area contributed by atoms with Crippen LogP contribution in [0.5, 0.6) is 0 Å². The normalized spacial score (nSPS) is 9.76. The number of carboxylic acid groups (broad SMARTS) is 1. The van der Waals surface area contributed by atoms with Crippen LogP contribution in [0.2, 0.25) is 0 Å². The van der Waals surface area contributed by atoms with Crippen molar-refractivity contribution in [1.82, 2.24) is 9.80 Å². The van der Waals surface area contributed by atoms with Crippen molar-refractivity contribution in [1.29, 1.82) is 0 Å². The van der Waals surface area contributed by atoms with E-state index in [-0.39, 0.29) is 25.7 Å². The lowest BCUT2D eigenvalue weighted by Gasteiger charge is -2.28. The van der Waals surface area contributed by atoms with Gasteiger partial charge in [0.15, 0.2) is 0 Å². The van der Waals surface area contributed by atoms with Crippen LogP contribution in [0, 0.1) is 0 Å². The molecule has 0 bridgehead atoms. The van der Waals surface area contributed by atoms with Crippen molar-refractivity contribution in [2.75, 3.05) is 32.8 Å². The molecule has 0 saturated carbocycles. The number of aliphatic carboxylic acids is 1. The number of carboxylic acids is 1. The SMILES string of the molecule is C=CCN(CCO)C(=O)N(CCC)CC(=O)O. The molecule has 0 unspecified atom stereocenters. The van der Waals surface area contributed by atoms with E-state index < -0.39 is 5.97 Å². The third kappa shape index (κ3) is 5.91. The molecule has 0 aromatic heterocycles. The first kappa shape index (κ1) is 15.4. The number of urea groups is 1. The molecule has 0 radical (unpaired) electrons. The van der Waals surface area contributed by atoms with Crippen LogP contribution >= 0.6 is 0 Å². The molecule has 6 nitrogen and oxygen atoms in total. The third-order valence-corrected chi connectivity index (χ3v) is 2.08. The van der Waals surface area contributed by atoms with Crippen molar-refractivity contribution < 1.29 is 19.8 Å². The number of carbonyl (C=O) groups excluding carboxylic acids is 1. The van der Waals surface area contributed by atoms with E-state index >= 15 is 0 Å². The smallest absolute Gasteiger partial charge is 0.323 e. The molecule has 0 fully saturated rings. The van der Waals surface area contributed by atoms with Gasteiger partial charge in [0.25, 0.3) is 0 Å². The van der Waals surface area contributed by atoms with Crippen molar-refractivity contribution in [3.8, 4) is 0 Å². The van der Waals surface area contributed by atoms with Crippen molar-refractivity contribution in [3.63, 3.8) is 0 Å². The quantitative estimate of drug-likeness (QED) is 0.605. The lowest BCUT2D eigenvalue weighted by atomic mass is 10.4. The van der Waals surface area contributed by atoms with Gasteiger partial charge in [-0.15, -0.1) is 6.58 Å². The van der Waals surface area contributed by atoms with Gasteiger partial charge in [-0.3, -0.25) is 4.79 Å². The fraction of sp³-hybridized carbons (Fsp3) is 0.636. The van der Waals surface area contributed by atoms with Gasteiger partial charge < -0.3 is 20.0 Å². The summed E-state index contributed by atoms with van der Waals surface area (Å²) in [4.78, 5) is 25.2. The number of hydrogen-bond acceptors (Lipinski definition) is 3. The fourth-order valence-corrected chi connectivity index (χ4v) is 1.42. The molecule has 17 heavy (non-hydrogen) atoms. The molecule has 0 aliphatic carbocycles. The van der Waals surface area contributed by atoms with Crippen LogP contribution in [-0.2, 0) is 4.79 Å². The molecule has 2 N–H and O–H groups in total. The first-order valence-electron chi connectivity index (χ1n) is 5.54. The Labute approximate surface area is 101 Å². The van der Waals surface area contributed by atoms with E-state index in [1.807, 2.05) is 6.92 Å². The summed E-state index contributed by atoms with van der Waals surface area (Å²) in [6.07, 6.45) is 2.22. The van der Waals surface area contributed by atoms with Crippen LogP contribution in [0.3, 0.4) is 0 Å². The second kappa shape index (κ2) is 8.58. The average Bonchev–Trinajstić information content (AvgIpc) is 2.27. The van der Waals surface area contributed by atoms with Gasteiger partial charge in [0, 0.05) is 19.6 Å². The van der Waals surface area contributed by atoms with Crippen molar-refractivity contribution in [2.24, 2.45) is 0 Å². The number of rotatable bonds is 8. The summed E-state index contributed by atoms with van der Waals surface area (Å²) in [6.45, 7) is 5.74. The highest BCUT2D eigenvalue weighted by atomic mass is 16.4. The molecular weight excluding hydrogens is 224 g/mol. The molecule has 0 aromatic carbocycles. The fourth-order valence-electron chi connectivity index (χ4n) is 1.42. The van der Waals surface area contributed by atoms with Crippen LogP contribution in [0.25, 0.3) is 0 Å². The van der Waals surface area contributed by atoms with Gasteiger partial charge in [-0.25, -0.2) is 4.79 Å². The molecular formula is C11H20N2O4. The lowest BCUT2D eigenvalue weighted by Crippen LogP contribution is -2.46.